The Morgan fingerprint density at radius 2 is 1.88 bits per heavy atom. The predicted molar refractivity (Wildman–Crippen MR) is 73.0 cm³/mol. The number of thioether (sulfide) groups is 1. The van der Waals surface area contributed by atoms with Crippen molar-refractivity contribution in [3.63, 3.8) is 0 Å². The topological polar surface area (TPSA) is 32.3 Å². The van der Waals surface area contributed by atoms with Crippen LogP contribution in [0.3, 0.4) is 0 Å². The van der Waals surface area contributed by atoms with Crippen LogP contribution in [0, 0.1) is 5.92 Å². The summed E-state index contributed by atoms with van der Waals surface area (Å²) in [5.74, 6) is 1.69. The van der Waals surface area contributed by atoms with Gasteiger partial charge in [0, 0.05) is 16.5 Å². The maximum Gasteiger partial charge on any atom is 0.0624 e. The van der Waals surface area contributed by atoms with Crippen LogP contribution in [0.15, 0.2) is 0 Å². The maximum atomic E-state index is 9.76. The molecule has 0 aliphatic heterocycles. The summed E-state index contributed by atoms with van der Waals surface area (Å²) in [6.45, 7) is 11.3. The van der Waals surface area contributed by atoms with Gasteiger partial charge in [-0.25, -0.2) is 0 Å². The molecule has 0 bridgehead atoms. The highest BCUT2D eigenvalue weighted by atomic mass is 32.2. The lowest BCUT2D eigenvalue weighted by Crippen LogP contribution is -2.56. The number of nitrogens with one attached hydrogen (secondary N) is 1. The largest absolute Gasteiger partial charge is 0.394 e. The second-order valence-electron chi connectivity index (χ2n) is 6.29. The zero-order valence-electron chi connectivity index (χ0n) is 11.3. The molecule has 3 heteroatoms. The van der Waals surface area contributed by atoms with E-state index >= 15 is 0 Å². The van der Waals surface area contributed by atoms with Gasteiger partial charge in [0.05, 0.1) is 12.1 Å². The highest BCUT2D eigenvalue weighted by Crippen LogP contribution is 2.43. The van der Waals surface area contributed by atoms with Crippen molar-refractivity contribution >= 4 is 11.8 Å². The first-order chi connectivity index (χ1) is 7.29. The van der Waals surface area contributed by atoms with Crippen LogP contribution in [0.1, 0.15) is 47.5 Å². The average molecular weight is 245 g/mol. The van der Waals surface area contributed by atoms with Gasteiger partial charge >= 0.3 is 0 Å². The van der Waals surface area contributed by atoms with Gasteiger partial charge in [0.15, 0.2) is 0 Å². The Labute approximate surface area is 105 Å². The van der Waals surface area contributed by atoms with Crippen LogP contribution < -0.4 is 5.32 Å². The summed E-state index contributed by atoms with van der Waals surface area (Å²) in [5.41, 5.74) is -0.0495. The number of hydrogen-bond donors (Lipinski definition) is 2. The van der Waals surface area contributed by atoms with Gasteiger partial charge < -0.3 is 10.4 Å². The Morgan fingerprint density at radius 3 is 2.19 bits per heavy atom. The molecule has 0 saturated heterocycles. The van der Waals surface area contributed by atoms with Crippen LogP contribution in [0.25, 0.3) is 0 Å². The molecule has 1 aliphatic carbocycles. The standard InChI is InChI=1S/C13H27NOS/c1-10(2)14-13(8-15,11-6-7-11)9-16-12(3,4)5/h10-11,14-15H,6-9H2,1-5H3. The Morgan fingerprint density at radius 1 is 1.31 bits per heavy atom. The Balaban J connectivity index is 2.62. The SMILES string of the molecule is CC(C)NC(CO)(CSC(C)(C)C)C1CC1. The van der Waals surface area contributed by atoms with Gasteiger partial charge in [-0.3, -0.25) is 0 Å². The lowest BCUT2D eigenvalue weighted by atomic mass is 9.95. The lowest BCUT2D eigenvalue weighted by Gasteiger charge is -2.37. The van der Waals surface area contributed by atoms with Crippen molar-refractivity contribution in [1.82, 2.24) is 5.32 Å². The first-order valence-corrected chi connectivity index (χ1v) is 7.30. The Hall–Kier alpha value is 0.270. The predicted octanol–water partition coefficient (Wildman–Crippen LogP) is 2.66. The quantitative estimate of drug-likeness (QED) is 0.754. The fraction of sp³-hybridized carbons (Fsp3) is 1.00. The molecule has 0 radical (unpaired) electrons. The van der Waals surface area contributed by atoms with Gasteiger partial charge in [0.25, 0.3) is 0 Å². The molecule has 1 fully saturated rings. The summed E-state index contributed by atoms with van der Waals surface area (Å²) >= 11 is 1.95. The fourth-order valence-corrected chi connectivity index (χ4v) is 3.15. The van der Waals surface area contributed by atoms with Gasteiger partial charge in [0.2, 0.25) is 0 Å². The van der Waals surface area contributed by atoms with E-state index in [-0.39, 0.29) is 16.9 Å². The van der Waals surface area contributed by atoms with E-state index in [1.807, 2.05) is 11.8 Å². The van der Waals surface area contributed by atoms with Gasteiger partial charge in [-0.15, -0.1) is 0 Å². The molecule has 96 valence electrons. The van der Waals surface area contributed by atoms with Crippen LogP contribution in [-0.4, -0.2) is 33.8 Å². The molecule has 0 amide bonds. The van der Waals surface area contributed by atoms with E-state index < -0.39 is 0 Å². The second kappa shape index (κ2) is 5.28. The first kappa shape index (κ1) is 14.3. The summed E-state index contributed by atoms with van der Waals surface area (Å²) in [6, 6.07) is 0.438. The van der Waals surface area contributed by atoms with Gasteiger partial charge in [-0.05, 0) is 18.8 Å². The van der Waals surface area contributed by atoms with Gasteiger partial charge in [-0.2, -0.15) is 11.8 Å². The zero-order valence-corrected chi connectivity index (χ0v) is 12.2. The molecule has 1 atom stereocenters. The highest BCUT2D eigenvalue weighted by molar-refractivity contribution is 8.00. The molecule has 1 unspecified atom stereocenters. The number of hydrogen-bond acceptors (Lipinski definition) is 3. The van der Waals surface area contributed by atoms with Crippen LogP contribution >= 0.6 is 11.8 Å². The third-order valence-electron chi connectivity index (χ3n) is 2.98. The summed E-state index contributed by atoms with van der Waals surface area (Å²) in [5, 5.41) is 13.4. The van der Waals surface area contributed by atoms with Crippen LogP contribution in [0.5, 0.6) is 0 Å². The van der Waals surface area contributed by atoms with Crippen LogP contribution in [-0.2, 0) is 0 Å². The van der Waals surface area contributed by atoms with Crippen LogP contribution in [0.2, 0.25) is 0 Å². The second-order valence-corrected chi connectivity index (χ2v) is 8.09. The summed E-state index contributed by atoms with van der Waals surface area (Å²) in [6.07, 6.45) is 2.54. The minimum absolute atomic E-state index is 0.0495. The average Bonchev–Trinajstić information content (AvgIpc) is 2.93. The molecule has 1 saturated carbocycles. The highest BCUT2D eigenvalue weighted by Gasteiger charge is 2.45. The summed E-state index contributed by atoms with van der Waals surface area (Å²) in [7, 11) is 0. The third kappa shape index (κ3) is 4.27. The first-order valence-electron chi connectivity index (χ1n) is 6.31. The van der Waals surface area contributed by atoms with Gasteiger partial charge in [0.1, 0.15) is 0 Å². The van der Waals surface area contributed by atoms with Crippen LogP contribution in [0.4, 0.5) is 0 Å². The smallest absolute Gasteiger partial charge is 0.0624 e. The lowest BCUT2D eigenvalue weighted by molar-refractivity contribution is 0.150. The van der Waals surface area contributed by atoms with Crippen molar-refractivity contribution in [2.24, 2.45) is 5.92 Å². The minimum atomic E-state index is -0.0495. The van der Waals surface area contributed by atoms with Crippen molar-refractivity contribution in [1.29, 1.82) is 0 Å². The minimum Gasteiger partial charge on any atom is -0.394 e. The number of aliphatic hydroxyl groups is 1. The Kier molecular flexibility index (Phi) is 4.73. The van der Waals surface area contributed by atoms with Crippen molar-refractivity contribution in [3.8, 4) is 0 Å². The molecule has 0 aromatic heterocycles. The summed E-state index contributed by atoms with van der Waals surface area (Å²) < 4.78 is 0.272. The molecule has 16 heavy (non-hydrogen) atoms. The van der Waals surface area contributed by atoms with E-state index in [9.17, 15) is 5.11 Å². The third-order valence-corrected chi connectivity index (χ3v) is 4.51. The van der Waals surface area contributed by atoms with Crippen molar-refractivity contribution in [3.05, 3.63) is 0 Å². The molecule has 0 heterocycles. The molecule has 2 nitrogen and oxygen atoms in total. The molecule has 0 aromatic carbocycles. The summed E-state index contributed by atoms with van der Waals surface area (Å²) in [4.78, 5) is 0. The van der Waals surface area contributed by atoms with E-state index in [4.69, 9.17) is 0 Å². The van der Waals surface area contributed by atoms with E-state index in [1.165, 1.54) is 12.8 Å². The number of rotatable bonds is 6. The van der Waals surface area contributed by atoms with Gasteiger partial charge in [-0.1, -0.05) is 34.6 Å². The van der Waals surface area contributed by atoms with Crippen molar-refractivity contribution < 1.29 is 5.11 Å². The maximum absolute atomic E-state index is 9.76. The molecule has 0 aromatic rings. The monoisotopic (exact) mass is 245 g/mol. The van der Waals surface area contributed by atoms with Crippen molar-refractivity contribution in [2.75, 3.05) is 12.4 Å². The molecular weight excluding hydrogens is 218 g/mol. The normalized spacial score (nSPS) is 21.2. The Bertz CT molecular complexity index is 220. The molecule has 1 aliphatic rings. The van der Waals surface area contributed by atoms with E-state index in [2.05, 4.69) is 39.9 Å². The van der Waals surface area contributed by atoms with E-state index in [0.717, 1.165) is 5.75 Å². The molecule has 0 spiro atoms. The molecule has 1 rings (SSSR count). The number of aliphatic hydroxyl groups excluding tert-OH is 1. The molecule has 2 N–H and O–H groups in total. The molecular formula is C13H27NOS. The van der Waals surface area contributed by atoms with E-state index in [1.54, 1.807) is 0 Å². The zero-order chi connectivity index (χ0) is 12.4. The van der Waals surface area contributed by atoms with Crippen molar-refractivity contribution in [2.45, 2.75) is 63.8 Å². The van der Waals surface area contributed by atoms with E-state index in [0.29, 0.717) is 12.0 Å². The fourth-order valence-electron chi connectivity index (χ4n) is 2.05.